The molecule has 2 rings (SSSR count). The van der Waals surface area contributed by atoms with Crippen LogP contribution in [-0.2, 0) is 0 Å². The highest BCUT2D eigenvalue weighted by atomic mass is 14.3. The Balaban J connectivity index is 1.66. The Bertz CT molecular complexity index is 184. The topological polar surface area (TPSA) is 0 Å². The van der Waals surface area contributed by atoms with Crippen LogP contribution in [0.15, 0.2) is 0 Å². The predicted molar refractivity (Wildman–Crippen MR) is 80.4 cm³/mol. The monoisotopic (exact) mass is 249 g/mol. The molecule has 0 bridgehead atoms. The standard InChI is InChI=1S/C18H33/c1-15(17-9-5-3-6-10-17)13-14-16(2)18-11-7-4-8-12-18/h15-18H,1,3-14H2,2H3. The Labute approximate surface area is 115 Å². The fourth-order valence-corrected chi connectivity index (χ4v) is 4.26. The number of hydrogen-bond donors (Lipinski definition) is 0. The van der Waals surface area contributed by atoms with E-state index in [2.05, 4.69) is 13.8 Å². The average molecular weight is 249 g/mol. The lowest BCUT2D eigenvalue weighted by atomic mass is 9.75. The van der Waals surface area contributed by atoms with Gasteiger partial charge >= 0.3 is 0 Å². The fourth-order valence-electron chi connectivity index (χ4n) is 4.26. The third-order valence-electron chi connectivity index (χ3n) is 5.76. The van der Waals surface area contributed by atoms with Crippen molar-refractivity contribution >= 4 is 0 Å². The summed E-state index contributed by atoms with van der Waals surface area (Å²) in [6, 6.07) is 0. The molecule has 18 heavy (non-hydrogen) atoms. The molecule has 0 aromatic carbocycles. The minimum absolute atomic E-state index is 0.747. The molecule has 2 fully saturated rings. The van der Waals surface area contributed by atoms with Crippen molar-refractivity contribution in [1.82, 2.24) is 0 Å². The first-order chi connectivity index (χ1) is 8.77. The summed E-state index contributed by atoms with van der Waals surface area (Å²) in [4.78, 5) is 0. The van der Waals surface area contributed by atoms with Crippen molar-refractivity contribution < 1.29 is 0 Å². The van der Waals surface area contributed by atoms with Gasteiger partial charge in [0.1, 0.15) is 0 Å². The van der Waals surface area contributed by atoms with E-state index in [9.17, 15) is 0 Å². The van der Waals surface area contributed by atoms with Gasteiger partial charge in [-0.3, -0.25) is 0 Å². The molecule has 2 atom stereocenters. The highest BCUT2D eigenvalue weighted by Gasteiger charge is 2.23. The van der Waals surface area contributed by atoms with Crippen LogP contribution in [0.1, 0.15) is 84.0 Å². The molecule has 2 aliphatic rings. The summed E-state index contributed by atoms with van der Waals surface area (Å²) in [6.07, 6.45) is 17.7. The van der Waals surface area contributed by atoms with Gasteiger partial charge in [-0.15, -0.1) is 0 Å². The van der Waals surface area contributed by atoms with E-state index in [-0.39, 0.29) is 0 Å². The SMILES string of the molecule is [CH2]C(CCC(C)C1CCCCC1)C1CCCCC1. The van der Waals surface area contributed by atoms with Gasteiger partial charge in [-0.1, -0.05) is 77.6 Å². The quantitative estimate of drug-likeness (QED) is 0.559. The molecule has 2 unspecified atom stereocenters. The fraction of sp³-hybridized carbons (Fsp3) is 0.944. The van der Waals surface area contributed by atoms with Crippen LogP contribution in [0.2, 0.25) is 0 Å². The predicted octanol–water partition coefficient (Wildman–Crippen LogP) is 6.01. The molecule has 0 spiro atoms. The summed E-state index contributed by atoms with van der Waals surface area (Å²) in [5.74, 6) is 3.70. The first-order valence-corrected chi connectivity index (χ1v) is 8.60. The highest BCUT2D eigenvalue weighted by Crippen LogP contribution is 2.36. The zero-order valence-electron chi connectivity index (χ0n) is 12.5. The van der Waals surface area contributed by atoms with E-state index in [1.165, 1.54) is 77.0 Å². The van der Waals surface area contributed by atoms with Gasteiger partial charge in [0.25, 0.3) is 0 Å². The number of rotatable bonds is 5. The van der Waals surface area contributed by atoms with Crippen molar-refractivity contribution in [2.75, 3.05) is 0 Å². The van der Waals surface area contributed by atoms with Gasteiger partial charge in [0.2, 0.25) is 0 Å². The Hall–Kier alpha value is 0. The van der Waals surface area contributed by atoms with E-state index in [0.29, 0.717) is 0 Å². The lowest BCUT2D eigenvalue weighted by Gasteiger charge is -2.31. The van der Waals surface area contributed by atoms with Crippen molar-refractivity contribution in [3.63, 3.8) is 0 Å². The van der Waals surface area contributed by atoms with E-state index < -0.39 is 0 Å². The van der Waals surface area contributed by atoms with Gasteiger partial charge in [-0.2, -0.15) is 0 Å². The third kappa shape index (κ3) is 4.28. The van der Waals surface area contributed by atoms with E-state index >= 15 is 0 Å². The van der Waals surface area contributed by atoms with Gasteiger partial charge in [0, 0.05) is 0 Å². The van der Waals surface area contributed by atoms with Crippen molar-refractivity contribution in [2.45, 2.75) is 84.0 Å². The Morgan fingerprint density at radius 1 is 0.778 bits per heavy atom. The number of hydrogen-bond acceptors (Lipinski definition) is 0. The van der Waals surface area contributed by atoms with Gasteiger partial charge in [-0.05, 0) is 37.0 Å². The smallest absolute Gasteiger partial charge is 0.0386 e. The highest BCUT2D eigenvalue weighted by molar-refractivity contribution is 4.78. The molecule has 0 N–H and O–H groups in total. The maximum Gasteiger partial charge on any atom is -0.0386 e. The van der Waals surface area contributed by atoms with E-state index in [1.807, 2.05) is 0 Å². The van der Waals surface area contributed by atoms with E-state index in [0.717, 1.165) is 23.7 Å². The second-order valence-corrected chi connectivity index (χ2v) is 7.11. The van der Waals surface area contributed by atoms with E-state index in [1.54, 1.807) is 0 Å². The van der Waals surface area contributed by atoms with Crippen molar-refractivity contribution in [3.05, 3.63) is 6.92 Å². The lowest BCUT2D eigenvalue weighted by molar-refractivity contribution is 0.217. The Kier molecular flexibility index (Phi) is 6.05. The average Bonchev–Trinajstić information content (AvgIpc) is 2.46. The van der Waals surface area contributed by atoms with Gasteiger partial charge in [-0.25, -0.2) is 0 Å². The van der Waals surface area contributed by atoms with Gasteiger partial charge in [0.05, 0.1) is 0 Å². The molecule has 0 aromatic rings. The molecule has 2 saturated carbocycles. The van der Waals surface area contributed by atoms with Crippen molar-refractivity contribution in [2.24, 2.45) is 23.7 Å². The van der Waals surface area contributed by atoms with Crippen LogP contribution < -0.4 is 0 Å². The largest absolute Gasteiger partial charge is 0.0622 e. The summed E-state index contributed by atoms with van der Waals surface area (Å²) in [5, 5.41) is 0. The van der Waals surface area contributed by atoms with Crippen LogP contribution in [0, 0.1) is 30.6 Å². The van der Waals surface area contributed by atoms with E-state index in [4.69, 9.17) is 0 Å². The summed E-state index contributed by atoms with van der Waals surface area (Å²) >= 11 is 0. The molecule has 0 saturated heterocycles. The van der Waals surface area contributed by atoms with Crippen LogP contribution in [0.25, 0.3) is 0 Å². The Morgan fingerprint density at radius 3 is 1.83 bits per heavy atom. The van der Waals surface area contributed by atoms with Gasteiger partial charge in [0.15, 0.2) is 0 Å². The normalized spacial score (nSPS) is 27.0. The molecule has 0 aromatic heterocycles. The van der Waals surface area contributed by atoms with Crippen LogP contribution in [-0.4, -0.2) is 0 Å². The van der Waals surface area contributed by atoms with Gasteiger partial charge < -0.3 is 0 Å². The first kappa shape index (κ1) is 14.4. The molecule has 1 radical (unpaired) electrons. The molecule has 0 heteroatoms. The summed E-state index contributed by atoms with van der Waals surface area (Å²) in [5.41, 5.74) is 0. The molecular formula is C18H33. The minimum Gasteiger partial charge on any atom is -0.0622 e. The van der Waals surface area contributed by atoms with Crippen LogP contribution >= 0.6 is 0 Å². The summed E-state index contributed by atoms with van der Waals surface area (Å²) < 4.78 is 0. The second-order valence-electron chi connectivity index (χ2n) is 7.11. The minimum atomic E-state index is 0.747. The molecular weight excluding hydrogens is 216 g/mol. The zero-order chi connectivity index (χ0) is 12.8. The molecule has 0 heterocycles. The molecule has 2 aliphatic carbocycles. The summed E-state index contributed by atoms with van der Waals surface area (Å²) in [6.45, 7) is 6.98. The third-order valence-corrected chi connectivity index (χ3v) is 5.76. The molecule has 0 aliphatic heterocycles. The summed E-state index contributed by atoms with van der Waals surface area (Å²) in [7, 11) is 0. The van der Waals surface area contributed by atoms with Crippen molar-refractivity contribution in [1.29, 1.82) is 0 Å². The lowest BCUT2D eigenvalue weighted by Crippen LogP contribution is -2.19. The van der Waals surface area contributed by atoms with Crippen LogP contribution in [0.5, 0.6) is 0 Å². The zero-order valence-corrected chi connectivity index (χ0v) is 12.5. The molecule has 105 valence electrons. The Morgan fingerprint density at radius 2 is 1.28 bits per heavy atom. The van der Waals surface area contributed by atoms with Crippen LogP contribution in [0.3, 0.4) is 0 Å². The molecule has 0 nitrogen and oxygen atoms in total. The van der Waals surface area contributed by atoms with Crippen molar-refractivity contribution in [3.8, 4) is 0 Å². The van der Waals surface area contributed by atoms with Crippen LogP contribution in [0.4, 0.5) is 0 Å². The maximum atomic E-state index is 4.48. The second kappa shape index (κ2) is 7.56. The first-order valence-electron chi connectivity index (χ1n) is 8.60. The molecule has 0 amide bonds. The maximum absolute atomic E-state index is 4.48.